The normalized spacial score (nSPS) is 22.1. The fraction of sp³-hybridized carbons (Fsp3) is 0.800. The fourth-order valence-electron chi connectivity index (χ4n) is 0.503. The van der Waals surface area contributed by atoms with E-state index in [2.05, 4.69) is 6.92 Å². The molecule has 1 aliphatic heterocycles. The summed E-state index contributed by atoms with van der Waals surface area (Å²) in [5.41, 5.74) is 0. The van der Waals surface area contributed by atoms with Crippen LogP contribution in [0.5, 0.6) is 0 Å². The molecule has 3 heteroatoms. The monoisotopic (exact) mass is 190 g/mol. The van der Waals surface area contributed by atoms with Crippen molar-refractivity contribution in [2.24, 2.45) is 5.92 Å². The third-order valence-electron chi connectivity index (χ3n) is 0.898. The maximum atomic E-state index is 4.83. The standard InChI is InChI=1S/C5H9O2.Y/c1-5-2-6-4-7-3-5;/h4-5H,2-3H2,1H3;/q-1;. The Kier molecular flexibility index (Phi) is 5.48. The molecule has 1 saturated heterocycles. The molecule has 1 rings (SSSR count). The summed E-state index contributed by atoms with van der Waals surface area (Å²) in [6.07, 6.45) is 0. The molecule has 1 aliphatic rings. The van der Waals surface area contributed by atoms with Crippen LogP contribution in [0.4, 0.5) is 0 Å². The quantitative estimate of drug-likeness (QED) is 0.525. The van der Waals surface area contributed by atoms with Gasteiger partial charge in [-0.25, -0.2) is 0 Å². The molecule has 0 aromatic heterocycles. The molecule has 0 spiro atoms. The molecule has 8 heavy (non-hydrogen) atoms. The second-order valence-corrected chi connectivity index (χ2v) is 1.87. The molecule has 0 amide bonds. The van der Waals surface area contributed by atoms with Gasteiger partial charge in [-0.05, 0) is 5.92 Å². The van der Waals surface area contributed by atoms with Gasteiger partial charge < -0.3 is 9.47 Å². The van der Waals surface area contributed by atoms with Crippen molar-refractivity contribution in [3.05, 3.63) is 6.79 Å². The molecular weight excluding hydrogens is 181 g/mol. The van der Waals surface area contributed by atoms with E-state index in [0.717, 1.165) is 13.2 Å². The SMILES string of the molecule is CC1CO[CH-]OC1.[Y]. The molecule has 45 valence electrons. The van der Waals surface area contributed by atoms with Crippen LogP contribution < -0.4 is 0 Å². The molecule has 0 saturated carbocycles. The van der Waals surface area contributed by atoms with Crippen molar-refractivity contribution < 1.29 is 42.2 Å². The second-order valence-electron chi connectivity index (χ2n) is 1.87. The Balaban J connectivity index is 0.000000490. The van der Waals surface area contributed by atoms with Crippen LogP contribution >= 0.6 is 0 Å². The van der Waals surface area contributed by atoms with Gasteiger partial charge in [-0.1, -0.05) is 13.7 Å². The van der Waals surface area contributed by atoms with Gasteiger partial charge >= 0.3 is 0 Å². The van der Waals surface area contributed by atoms with Gasteiger partial charge in [0.15, 0.2) is 0 Å². The average molecular weight is 190 g/mol. The number of rotatable bonds is 0. The number of hydrogen-bond acceptors (Lipinski definition) is 2. The van der Waals surface area contributed by atoms with Crippen LogP contribution in [0, 0.1) is 12.7 Å². The van der Waals surface area contributed by atoms with Crippen molar-refractivity contribution in [1.29, 1.82) is 0 Å². The van der Waals surface area contributed by atoms with E-state index >= 15 is 0 Å². The Morgan fingerprint density at radius 2 is 1.88 bits per heavy atom. The van der Waals surface area contributed by atoms with E-state index in [0.29, 0.717) is 5.92 Å². The smallest absolute Gasteiger partial charge is 0.0178 e. The predicted octanol–water partition coefficient (Wildman–Crippen LogP) is 0.786. The summed E-state index contributed by atoms with van der Waals surface area (Å²) < 4.78 is 9.67. The van der Waals surface area contributed by atoms with Crippen molar-refractivity contribution in [2.75, 3.05) is 13.2 Å². The summed E-state index contributed by atoms with van der Waals surface area (Å²) >= 11 is 0. The summed E-state index contributed by atoms with van der Waals surface area (Å²) in [6.45, 7) is 5.10. The van der Waals surface area contributed by atoms with Gasteiger partial charge in [0.1, 0.15) is 0 Å². The van der Waals surface area contributed by atoms with Gasteiger partial charge in [-0.2, -0.15) is 0 Å². The molecule has 0 bridgehead atoms. The largest absolute Gasteiger partial charge is 0.525 e. The van der Waals surface area contributed by atoms with Gasteiger partial charge in [0.25, 0.3) is 0 Å². The van der Waals surface area contributed by atoms with E-state index in [4.69, 9.17) is 9.47 Å². The van der Waals surface area contributed by atoms with Gasteiger partial charge in [0.2, 0.25) is 0 Å². The Hall–Kier alpha value is 1.02. The fourth-order valence-corrected chi connectivity index (χ4v) is 0.503. The van der Waals surface area contributed by atoms with E-state index in [1.807, 2.05) is 0 Å². The Morgan fingerprint density at radius 1 is 1.38 bits per heavy atom. The van der Waals surface area contributed by atoms with Crippen LogP contribution in [0.25, 0.3) is 0 Å². The zero-order chi connectivity index (χ0) is 5.11. The Morgan fingerprint density at radius 3 is 2.12 bits per heavy atom. The third kappa shape index (κ3) is 3.13. The van der Waals surface area contributed by atoms with Gasteiger partial charge in [-0.3, -0.25) is 0 Å². The van der Waals surface area contributed by atoms with Crippen LogP contribution in [0.3, 0.4) is 0 Å². The van der Waals surface area contributed by atoms with Crippen molar-refractivity contribution in [1.82, 2.24) is 0 Å². The van der Waals surface area contributed by atoms with Crippen LogP contribution in [0.2, 0.25) is 0 Å². The van der Waals surface area contributed by atoms with E-state index in [-0.39, 0.29) is 32.7 Å². The molecule has 0 aliphatic carbocycles. The van der Waals surface area contributed by atoms with Crippen LogP contribution in [0.15, 0.2) is 0 Å². The van der Waals surface area contributed by atoms with Gasteiger partial charge in [0.05, 0.1) is 0 Å². The summed E-state index contributed by atoms with van der Waals surface area (Å²) in [4.78, 5) is 0. The molecule has 2 nitrogen and oxygen atoms in total. The number of hydrogen-bond donors (Lipinski definition) is 0. The summed E-state index contributed by atoms with van der Waals surface area (Å²) in [7, 11) is 0. The topological polar surface area (TPSA) is 18.5 Å². The van der Waals surface area contributed by atoms with Crippen molar-refractivity contribution in [2.45, 2.75) is 6.92 Å². The maximum absolute atomic E-state index is 4.83. The van der Waals surface area contributed by atoms with E-state index in [1.54, 1.807) is 0 Å². The second kappa shape index (κ2) is 4.86. The first kappa shape index (κ1) is 9.02. The first-order chi connectivity index (χ1) is 3.39. The van der Waals surface area contributed by atoms with Crippen molar-refractivity contribution in [3.8, 4) is 0 Å². The molecule has 1 radical (unpaired) electrons. The maximum Gasteiger partial charge on any atom is 0.0178 e. The number of ether oxygens (including phenoxy) is 2. The summed E-state index contributed by atoms with van der Waals surface area (Å²) in [5, 5.41) is 0. The van der Waals surface area contributed by atoms with Crippen LogP contribution in [-0.2, 0) is 42.2 Å². The molecule has 0 aromatic rings. The Labute approximate surface area is 74.8 Å². The zero-order valence-electron chi connectivity index (χ0n) is 4.96. The van der Waals surface area contributed by atoms with Crippen molar-refractivity contribution >= 4 is 0 Å². The van der Waals surface area contributed by atoms with Crippen molar-refractivity contribution in [3.63, 3.8) is 0 Å². The molecule has 0 unspecified atom stereocenters. The molecule has 0 aromatic carbocycles. The average Bonchev–Trinajstić information content (AvgIpc) is 1.69. The summed E-state index contributed by atoms with van der Waals surface area (Å²) in [6, 6.07) is 0. The van der Waals surface area contributed by atoms with E-state index in [1.165, 1.54) is 6.79 Å². The zero-order valence-corrected chi connectivity index (χ0v) is 7.80. The molecule has 0 atom stereocenters. The summed E-state index contributed by atoms with van der Waals surface area (Å²) in [5.74, 6) is 0.560. The van der Waals surface area contributed by atoms with E-state index in [9.17, 15) is 0 Å². The van der Waals surface area contributed by atoms with Gasteiger partial charge in [-0.15, -0.1) is 0 Å². The Bertz CT molecular complexity index is 52.4. The van der Waals surface area contributed by atoms with E-state index < -0.39 is 0 Å². The predicted molar refractivity (Wildman–Crippen MR) is 25.4 cm³/mol. The molecule has 0 N–H and O–H groups in total. The molecule has 1 heterocycles. The first-order valence-corrected chi connectivity index (χ1v) is 2.44. The van der Waals surface area contributed by atoms with Gasteiger partial charge in [0, 0.05) is 45.9 Å². The molecule has 1 fully saturated rings. The minimum Gasteiger partial charge on any atom is -0.525 e. The van der Waals surface area contributed by atoms with Crippen LogP contribution in [0.1, 0.15) is 6.92 Å². The van der Waals surface area contributed by atoms with Crippen LogP contribution in [-0.4, -0.2) is 13.2 Å². The minimum absolute atomic E-state index is 0. The molecular formula is C5H9O2Y-. The third-order valence-corrected chi connectivity index (χ3v) is 0.898. The first-order valence-electron chi connectivity index (χ1n) is 2.44. The minimum atomic E-state index is 0.